The van der Waals surface area contributed by atoms with E-state index in [0.717, 1.165) is 10.8 Å². The van der Waals surface area contributed by atoms with Gasteiger partial charge in [0.1, 0.15) is 10.6 Å². The van der Waals surface area contributed by atoms with Gasteiger partial charge in [-0.05, 0) is 6.92 Å². The fraction of sp³-hybridized carbons (Fsp3) is 0.222. The van der Waals surface area contributed by atoms with E-state index < -0.39 is 17.2 Å². The number of hydrogen-bond acceptors (Lipinski definition) is 6. The van der Waals surface area contributed by atoms with Gasteiger partial charge in [0.2, 0.25) is 5.13 Å². The Labute approximate surface area is 104 Å². The lowest BCUT2D eigenvalue weighted by molar-refractivity contribution is 0.102. The summed E-state index contributed by atoms with van der Waals surface area (Å²) < 4.78 is 0.820. The molecular formula is C9H9N5O3S. The molecule has 8 nitrogen and oxygen atoms in total. The summed E-state index contributed by atoms with van der Waals surface area (Å²) >= 11 is 1.19. The van der Waals surface area contributed by atoms with Crippen LogP contribution in [0.4, 0.5) is 5.13 Å². The molecule has 9 heteroatoms. The molecule has 2 aromatic heterocycles. The highest BCUT2D eigenvalue weighted by Crippen LogP contribution is 2.13. The van der Waals surface area contributed by atoms with Gasteiger partial charge < -0.3 is 4.98 Å². The van der Waals surface area contributed by atoms with Gasteiger partial charge in [-0.25, -0.2) is 4.79 Å². The molecule has 0 bridgehead atoms. The Morgan fingerprint density at radius 1 is 1.44 bits per heavy atom. The summed E-state index contributed by atoms with van der Waals surface area (Å²) in [4.78, 5) is 36.9. The summed E-state index contributed by atoms with van der Waals surface area (Å²) in [5.41, 5.74) is -1.41. The second-order valence-electron chi connectivity index (χ2n) is 3.45. The third kappa shape index (κ3) is 2.20. The van der Waals surface area contributed by atoms with Crippen molar-refractivity contribution in [3.63, 3.8) is 0 Å². The summed E-state index contributed by atoms with van der Waals surface area (Å²) in [5.74, 6) is -0.636. The number of rotatable bonds is 2. The highest BCUT2D eigenvalue weighted by Gasteiger charge is 2.14. The molecule has 2 heterocycles. The predicted molar refractivity (Wildman–Crippen MR) is 64.9 cm³/mol. The first-order valence-electron chi connectivity index (χ1n) is 4.89. The number of carbonyl (C=O) groups excluding carboxylic acids is 1. The Hall–Kier alpha value is -2.29. The van der Waals surface area contributed by atoms with Crippen molar-refractivity contribution in [1.82, 2.24) is 19.7 Å². The molecule has 0 aliphatic heterocycles. The topological polar surface area (TPSA) is 110 Å². The molecule has 0 atom stereocenters. The van der Waals surface area contributed by atoms with E-state index in [2.05, 4.69) is 20.5 Å². The number of nitrogens with one attached hydrogen (secondary N) is 2. The lowest BCUT2D eigenvalue weighted by atomic mass is 10.3. The molecule has 0 spiro atoms. The quantitative estimate of drug-likeness (QED) is 0.761. The van der Waals surface area contributed by atoms with Crippen LogP contribution < -0.4 is 16.6 Å². The number of nitrogens with zero attached hydrogens (tertiary/aromatic N) is 3. The summed E-state index contributed by atoms with van der Waals surface area (Å²) in [5, 5.41) is 10.9. The van der Waals surface area contributed by atoms with Gasteiger partial charge in [0.15, 0.2) is 0 Å². The Balaban J connectivity index is 2.33. The van der Waals surface area contributed by atoms with Crippen molar-refractivity contribution in [3.8, 4) is 0 Å². The fourth-order valence-electron chi connectivity index (χ4n) is 1.24. The Morgan fingerprint density at radius 2 is 2.17 bits per heavy atom. The zero-order valence-corrected chi connectivity index (χ0v) is 10.4. The van der Waals surface area contributed by atoms with E-state index in [1.165, 1.54) is 18.4 Å². The van der Waals surface area contributed by atoms with Crippen molar-refractivity contribution in [3.05, 3.63) is 37.6 Å². The van der Waals surface area contributed by atoms with Crippen LogP contribution >= 0.6 is 11.3 Å². The molecule has 0 saturated heterocycles. The molecule has 2 N–H and O–H groups in total. The van der Waals surface area contributed by atoms with Crippen LogP contribution in [-0.4, -0.2) is 25.7 Å². The van der Waals surface area contributed by atoms with Crippen molar-refractivity contribution in [2.24, 2.45) is 7.05 Å². The number of aromatic nitrogens is 4. The molecule has 0 aromatic carbocycles. The number of amides is 1. The Bertz CT molecular complexity index is 713. The lowest BCUT2D eigenvalue weighted by Gasteiger charge is -2.01. The van der Waals surface area contributed by atoms with Crippen molar-refractivity contribution >= 4 is 22.4 Å². The monoisotopic (exact) mass is 267 g/mol. The van der Waals surface area contributed by atoms with Crippen LogP contribution in [0.25, 0.3) is 0 Å². The molecule has 0 radical (unpaired) electrons. The smallest absolute Gasteiger partial charge is 0.313 e. The molecule has 0 aliphatic rings. The minimum Gasteiger partial charge on any atom is -0.313 e. The van der Waals surface area contributed by atoms with Crippen LogP contribution in [0.1, 0.15) is 15.4 Å². The lowest BCUT2D eigenvalue weighted by Crippen LogP contribution is -2.37. The molecule has 0 unspecified atom stereocenters. The summed E-state index contributed by atoms with van der Waals surface area (Å²) in [6, 6.07) is 0. The molecule has 2 aromatic rings. The minimum atomic E-state index is -0.669. The molecule has 1 amide bonds. The summed E-state index contributed by atoms with van der Waals surface area (Å²) in [6.45, 7) is 1.74. The average molecular weight is 267 g/mol. The molecule has 0 aliphatic carbocycles. The normalized spacial score (nSPS) is 10.3. The van der Waals surface area contributed by atoms with E-state index in [9.17, 15) is 14.4 Å². The second kappa shape index (κ2) is 4.53. The molecule has 0 fully saturated rings. The maximum Gasteiger partial charge on any atom is 0.328 e. The van der Waals surface area contributed by atoms with Crippen LogP contribution in [0, 0.1) is 6.92 Å². The van der Waals surface area contributed by atoms with E-state index in [4.69, 9.17) is 0 Å². The van der Waals surface area contributed by atoms with Crippen LogP contribution in [-0.2, 0) is 7.05 Å². The third-order valence-electron chi connectivity index (χ3n) is 2.17. The summed E-state index contributed by atoms with van der Waals surface area (Å²) in [7, 11) is 1.28. The van der Waals surface area contributed by atoms with Gasteiger partial charge in [-0.15, -0.1) is 10.2 Å². The van der Waals surface area contributed by atoms with Gasteiger partial charge in [-0.3, -0.25) is 19.5 Å². The van der Waals surface area contributed by atoms with E-state index >= 15 is 0 Å². The van der Waals surface area contributed by atoms with Crippen LogP contribution in [0.5, 0.6) is 0 Å². The molecule has 2 rings (SSSR count). The largest absolute Gasteiger partial charge is 0.328 e. The molecule has 94 valence electrons. The third-order valence-corrected chi connectivity index (χ3v) is 2.92. The predicted octanol–water partition coefficient (Wildman–Crippen LogP) is -0.514. The van der Waals surface area contributed by atoms with Crippen molar-refractivity contribution in [2.75, 3.05) is 5.32 Å². The van der Waals surface area contributed by atoms with Gasteiger partial charge in [-0.2, -0.15) is 0 Å². The SMILES string of the molecule is Cc1nnc(NC(=O)c2c[nH]c(=O)n(C)c2=O)s1. The zero-order valence-electron chi connectivity index (χ0n) is 9.55. The first-order valence-corrected chi connectivity index (χ1v) is 5.71. The van der Waals surface area contributed by atoms with E-state index in [1.807, 2.05) is 0 Å². The van der Waals surface area contributed by atoms with Gasteiger partial charge in [0.25, 0.3) is 11.5 Å². The highest BCUT2D eigenvalue weighted by molar-refractivity contribution is 7.15. The number of aromatic amines is 1. The van der Waals surface area contributed by atoms with E-state index in [1.54, 1.807) is 6.92 Å². The van der Waals surface area contributed by atoms with Crippen LogP contribution in [0.15, 0.2) is 15.8 Å². The molecule has 18 heavy (non-hydrogen) atoms. The maximum absolute atomic E-state index is 11.8. The number of anilines is 1. The first kappa shape index (κ1) is 12.2. The average Bonchev–Trinajstić information content (AvgIpc) is 2.71. The number of hydrogen-bond donors (Lipinski definition) is 2. The highest BCUT2D eigenvalue weighted by atomic mass is 32.1. The second-order valence-corrected chi connectivity index (χ2v) is 4.63. The maximum atomic E-state index is 11.8. The van der Waals surface area contributed by atoms with Crippen LogP contribution in [0.3, 0.4) is 0 Å². The molecule has 0 saturated carbocycles. The summed E-state index contributed by atoms with van der Waals surface area (Å²) in [6.07, 6.45) is 1.08. The Morgan fingerprint density at radius 3 is 2.78 bits per heavy atom. The van der Waals surface area contributed by atoms with Crippen molar-refractivity contribution < 1.29 is 4.79 Å². The van der Waals surface area contributed by atoms with Crippen molar-refractivity contribution in [1.29, 1.82) is 0 Å². The molecular weight excluding hydrogens is 258 g/mol. The number of H-pyrrole nitrogens is 1. The van der Waals surface area contributed by atoms with Gasteiger partial charge in [-0.1, -0.05) is 11.3 Å². The van der Waals surface area contributed by atoms with Gasteiger partial charge in [0, 0.05) is 13.2 Å². The fourth-order valence-corrected chi connectivity index (χ4v) is 1.83. The standard InChI is InChI=1S/C9H9N5O3S/c1-4-12-13-8(18-4)11-6(15)5-3-10-9(17)14(2)7(5)16/h3H,1-2H3,(H,10,17)(H,11,13,15). The van der Waals surface area contributed by atoms with Crippen LogP contribution in [0.2, 0.25) is 0 Å². The number of carbonyl (C=O) groups is 1. The Kier molecular flexibility index (Phi) is 3.06. The van der Waals surface area contributed by atoms with E-state index in [-0.39, 0.29) is 5.56 Å². The van der Waals surface area contributed by atoms with E-state index in [0.29, 0.717) is 10.1 Å². The van der Waals surface area contributed by atoms with Gasteiger partial charge in [0.05, 0.1) is 0 Å². The minimum absolute atomic E-state index is 0.162. The van der Waals surface area contributed by atoms with Crippen molar-refractivity contribution in [2.45, 2.75) is 6.92 Å². The number of aryl methyl sites for hydroxylation is 1. The first-order chi connectivity index (χ1) is 8.49. The zero-order chi connectivity index (χ0) is 13.3. The van der Waals surface area contributed by atoms with Gasteiger partial charge >= 0.3 is 5.69 Å².